The van der Waals surface area contributed by atoms with Gasteiger partial charge in [-0.25, -0.2) is 13.6 Å². The quantitative estimate of drug-likeness (QED) is 0.914. The van der Waals surface area contributed by atoms with Crippen LogP contribution in [0.2, 0.25) is 0 Å². The largest absolute Gasteiger partial charge is 0.489 e. The molecule has 0 saturated heterocycles. The lowest BCUT2D eigenvalue weighted by atomic mass is 10.1. The number of rotatable bonds is 2. The zero-order chi connectivity index (χ0) is 14.4. The van der Waals surface area contributed by atoms with Crippen LogP contribution in [-0.2, 0) is 6.54 Å². The van der Waals surface area contributed by atoms with Gasteiger partial charge in [0.15, 0.2) is 5.75 Å². The predicted octanol–water partition coefficient (Wildman–Crippen LogP) is 2.03. The lowest BCUT2D eigenvalue weighted by molar-refractivity contribution is 0.0694. The molecule has 0 aliphatic carbocycles. The molecule has 1 N–H and O–H groups in total. The van der Waals surface area contributed by atoms with Crippen LogP contribution in [0.3, 0.4) is 0 Å². The van der Waals surface area contributed by atoms with Gasteiger partial charge in [-0.05, 0) is 12.1 Å². The minimum Gasteiger partial charge on any atom is -0.489 e. The van der Waals surface area contributed by atoms with E-state index in [9.17, 15) is 18.4 Å². The smallest absolute Gasteiger partial charge is 0.341 e. The van der Waals surface area contributed by atoms with E-state index >= 15 is 0 Å². The molecule has 5 nitrogen and oxygen atoms in total. The van der Waals surface area contributed by atoms with Gasteiger partial charge in [0.05, 0.1) is 23.0 Å². The number of pyridine rings is 1. The van der Waals surface area contributed by atoms with E-state index < -0.39 is 17.8 Å². The molecule has 7 heteroatoms. The third kappa shape index (κ3) is 1.66. The standard InChI is InChI=1S/C13H9F2NO4/c14-12(15)7-2-1-6-9-11(7)20-4-3-16(9)5-8(10(6)17)13(18)19/h1-2,5,12H,3-4H2,(H,18,19). The Kier molecular flexibility index (Phi) is 2.70. The van der Waals surface area contributed by atoms with Crippen molar-refractivity contribution in [1.29, 1.82) is 0 Å². The second-order valence-electron chi connectivity index (χ2n) is 4.40. The van der Waals surface area contributed by atoms with Crippen molar-refractivity contribution in [1.82, 2.24) is 4.57 Å². The maximum atomic E-state index is 12.9. The summed E-state index contributed by atoms with van der Waals surface area (Å²) in [6.07, 6.45) is -1.55. The number of benzene rings is 1. The van der Waals surface area contributed by atoms with Gasteiger partial charge in [-0.15, -0.1) is 0 Å². The van der Waals surface area contributed by atoms with Crippen molar-refractivity contribution in [3.63, 3.8) is 0 Å². The van der Waals surface area contributed by atoms with Gasteiger partial charge >= 0.3 is 5.97 Å². The third-order valence-corrected chi connectivity index (χ3v) is 3.27. The van der Waals surface area contributed by atoms with Gasteiger partial charge in [0.2, 0.25) is 5.43 Å². The van der Waals surface area contributed by atoms with Gasteiger partial charge in [0.25, 0.3) is 6.43 Å². The van der Waals surface area contributed by atoms with Crippen LogP contribution in [0.15, 0.2) is 23.1 Å². The second kappa shape index (κ2) is 4.29. The van der Waals surface area contributed by atoms with Gasteiger partial charge in [-0.2, -0.15) is 0 Å². The van der Waals surface area contributed by atoms with Crippen molar-refractivity contribution in [3.05, 3.63) is 39.7 Å². The maximum absolute atomic E-state index is 12.9. The zero-order valence-corrected chi connectivity index (χ0v) is 10.1. The van der Waals surface area contributed by atoms with Crippen LogP contribution in [0.5, 0.6) is 5.75 Å². The molecule has 0 unspecified atom stereocenters. The Morgan fingerprint density at radius 2 is 2.15 bits per heavy atom. The molecule has 0 fully saturated rings. The van der Waals surface area contributed by atoms with E-state index in [0.29, 0.717) is 6.54 Å². The van der Waals surface area contributed by atoms with Crippen LogP contribution in [0.25, 0.3) is 10.9 Å². The fourth-order valence-electron chi connectivity index (χ4n) is 2.38. The van der Waals surface area contributed by atoms with E-state index in [4.69, 9.17) is 9.84 Å². The molecule has 2 heterocycles. The summed E-state index contributed by atoms with van der Waals surface area (Å²) in [5.41, 5.74) is -1.15. The molecule has 1 aliphatic heterocycles. The summed E-state index contributed by atoms with van der Waals surface area (Å²) in [7, 11) is 0. The van der Waals surface area contributed by atoms with Gasteiger partial charge in [-0.1, -0.05) is 0 Å². The van der Waals surface area contributed by atoms with Crippen LogP contribution < -0.4 is 10.2 Å². The second-order valence-corrected chi connectivity index (χ2v) is 4.40. The number of aromatic carboxylic acids is 1. The first-order valence-corrected chi connectivity index (χ1v) is 5.85. The number of hydrogen-bond donors (Lipinski definition) is 1. The topological polar surface area (TPSA) is 68.5 Å². The summed E-state index contributed by atoms with van der Waals surface area (Å²) in [6.45, 7) is 0.449. The zero-order valence-electron chi connectivity index (χ0n) is 10.1. The molecule has 20 heavy (non-hydrogen) atoms. The summed E-state index contributed by atoms with van der Waals surface area (Å²) in [6, 6.07) is 2.32. The van der Waals surface area contributed by atoms with Gasteiger partial charge in [0.1, 0.15) is 12.2 Å². The fourth-order valence-corrected chi connectivity index (χ4v) is 2.38. The first-order valence-electron chi connectivity index (χ1n) is 5.85. The van der Waals surface area contributed by atoms with Crippen molar-refractivity contribution in [2.24, 2.45) is 0 Å². The molecule has 0 spiro atoms. The Hall–Kier alpha value is -2.44. The van der Waals surface area contributed by atoms with Crippen molar-refractivity contribution in [2.45, 2.75) is 13.0 Å². The number of carboxylic acid groups (broad SMARTS) is 1. The molecule has 1 aromatic carbocycles. The number of carbonyl (C=O) groups is 1. The van der Waals surface area contributed by atoms with Crippen molar-refractivity contribution in [2.75, 3.05) is 6.61 Å². The highest BCUT2D eigenvalue weighted by Crippen LogP contribution is 2.36. The highest BCUT2D eigenvalue weighted by molar-refractivity contribution is 5.95. The molecule has 1 aliphatic rings. The lowest BCUT2D eigenvalue weighted by Crippen LogP contribution is -2.24. The molecule has 1 aromatic heterocycles. The number of carboxylic acids is 1. The maximum Gasteiger partial charge on any atom is 0.341 e. The van der Waals surface area contributed by atoms with E-state index in [2.05, 4.69) is 0 Å². The van der Waals surface area contributed by atoms with Crippen LogP contribution in [0.1, 0.15) is 22.3 Å². The number of nitrogens with zero attached hydrogens (tertiary/aromatic N) is 1. The predicted molar refractivity (Wildman–Crippen MR) is 65.6 cm³/mol. The lowest BCUT2D eigenvalue weighted by Gasteiger charge is -2.23. The number of alkyl halides is 2. The molecule has 104 valence electrons. The number of hydrogen-bond acceptors (Lipinski definition) is 3. The summed E-state index contributed by atoms with van der Waals surface area (Å²) in [4.78, 5) is 23.1. The normalized spacial score (nSPS) is 13.6. The Morgan fingerprint density at radius 1 is 1.40 bits per heavy atom. The molecule has 3 rings (SSSR count). The molecule has 0 atom stereocenters. The van der Waals surface area contributed by atoms with Gasteiger partial charge in [0, 0.05) is 6.20 Å². The molecule has 0 bridgehead atoms. The van der Waals surface area contributed by atoms with E-state index in [1.807, 2.05) is 0 Å². The minimum absolute atomic E-state index is 0.0437. The average Bonchev–Trinajstić information content (AvgIpc) is 2.41. The van der Waals surface area contributed by atoms with Crippen molar-refractivity contribution >= 4 is 16.9 Å². The van der Waals surface area contributed by atoms with Gasteiger partial charge in [-0.3, -0.25) is 4.79 Å². The first kappa shape index (κ1) is 12.6. The molecule has 2 aromatic rings. The molecular formula is C13H9F2NO4. The molecule has 0 amide bonds. The summed E-state index contributed by atoms with van der Waals surface area (Å²) < 4.78 is 32.6. The number of halogens is 2. The minimum atomic E-state index is -2.73. The first-order chi connectivity index (χ1) is 9.50. The summed E-state index contributed by atoms with van der Waals surface area (Å²) in [5.74, 6) is -1.38. The van der Waals surface area contributed by atoms with E-state index in [0.717, 1.165) is 6.07 Å². The Morgan fingerprint density at radius 3 is 2.80 bits per heavy atom. The van der Waals surface area contributed by atoms with Crippen molar-refractivity contribution in [3.8, 4) is 5.75 Å². The van der Waals surface area contributed by atoms with E-state index in [1.165, 1.54) is 16.8 Å². The Balaban J connectivity index is 2.46. The average molecular weight is 281 g/mol. The molecular weight excluding hydrogens is 272 g/mol. The van der Waals surface area contributed by atoms with Gasteiger partial charge < -0.3 is 14.4 Å². The van der Waals surface area contributed by atoms with E-state index in [1.54, 1.807) is 0 Å². The summed E-state index contributed by atoms with van der Waals surface area (Å²) >= 11 is 0. The van der Waals surface area contributed by atoms with Crippen LogP contribution in [0, 0.1) is 0 Å². The van der Waals surface area contributed by atoms with Crippen LogP contribution in [-0.4, -0.2) is 22.2 Å². The fraction of sp³-hybridized carbons (Fsp3) is 0.231. The number of aromatic nitrogens is 1. The third-order valence-electron chi connectivity index (χ3n) is 3.27. The van der Waals surface area contributed by atoms with Crippen LogP contribution in [0.4, 0.5) is 8.78 Å². The molecule has 0 radical (unpaired) electrons. The Labute approximate surface area is 111 Å². The SMILES string of the molecule is O=C(O)c1cn2c3c(c(C(F)F)ccc3c1=O)OCC2. The van der Waals surface area contributed by atoms with E-state index in [-0.39, 0.29) is 34.4 Å². The highest BCUT2D eigenvalue weighted by Gasteiger charge is 2.25. The number of ether oxygens (including phenoxy) is 1. The highest BCUT2D eigenvalue weighted by atomic mass is 19.3. The summed E-state index contributed by atoms with van der Waals surface area (Å²) in [5, 5.41) is 9.08. The monoisotopic (exact) mass is 281 g/mol. The Bertz CT molecular complexity index is 782. The molecule has 0 saturated carbocycles. The van der Waals surface area contributed by atoms with Crippen molar-refractivity contribution < 1.29 is 23.4 Å². The van der Waals surface area contributed by atoms with Crippen LogP contribution >= 0.6 is 0 Å².